The smallest absolute Gasteiger partial charge is 0.308 e. The molecule has 30 heavy (non-hydrogen) atoms. The van der Waals surface area contributed by atoms with Crippen LogP contribution in [-0.2, 0) is 14.3 Å². The van der Waals surface area contributed by atoms with E-state index in [1.54, 1.807) is 0 Å². The molecule has 3 atom stereocenters. The van der Waals surface area contributed by atoms with Gasteiger partial charge in [-0.1, -0.05) is 13.8 Å². The highest BCUT2D eigenvalue weighted by atomic mass is 35.5. The maximum absolute atomic E-state index is 12.9. The van der Waals surface area contributed by atoms with Gasteiger partial charge in [0.25, 0.3) is 0 Å². The van der Waals surface area contributed by atoms with Crippen molar-refractivity contribution in [2.45, 2.75) is 83.1 Å². The average Bonchev–Trinajstić information content (AvgIpc) is 3.24. The summed E-state index contributed by atoms with van der Waals surface area (Å²) in [7, 11) is 1.43. The van der Waals surface area contributed by atoms with Gasteiger partial charge in [-0.3, -0.25) is 9.59 Å². The summed E-state index contributed by atoms with van der Waals surface area (Å²) in [4.78, 5) is 27.2. The monoisotopic (exact) mass is 440 g/mol. The molecule has 0 aromatic heterocycles. The van der Waals surface area contributed by atoms with E-state index in [2.05, 4.69) is 24.1 Å². The summed E-state index contributed by atoms with van der Waals surface area (Å²) in [5.74, 6) is 1.89. The Bertz CT molecular complexity index is 569. The predicted octanol–water partition coefficient (Wildman–Crippen LogP) is 4.23. The van der Waals surface area contributed by atoms with E-state index < -0.39 is 0 Å². The molecule has 0 aromatic rings. The quantitative estimate of drug-likeness (QED) is 0.475. The van der Waals surface area contributed by atoms with E-state index in [9.17, 15) is 9.59 Å². The fraction of sp³-hybridized carbons (Fsp3) is 0.917. The summed E-state index contributed by atoms with van der Waals surface area (Å²) >= 11 is 6.28. The van der Waals surface area contributed by atoms with Crippen molar-refractivity contribution < 1.29 is 14.3 Å². The van der Waals surface area contributed by atoms with Crippen LogP contribution in [0.4, 0.5) is 0 Å². The molecule has 0 radical (unpaired) electrons. The van der Waals surface area contributed by atoms with Gasteiger partial charge in [0.1, 0.15) is 0 Å². The van der Waals surface area contributed by atoms with Crippen LogP contribution in [0, 0.1) is 29.6 Å². The van der Waals surface area contributed by atoms with Crippen LogP contribution in [0.3, 0.4) is 0 Å². The summed E-state index contributed by atoms with van der Waals surface area (Å²) in [6, 6.07) is 0.165. The first-order chi connectivity index (χ1) is 14.4. The Morgan fingerprint density at radius 3 is 2.17 bits per heavy atom. The normalized spacial score (nSPS) is 32.2. The molecule has 0 aromatic carbocycles. The van der Waals surface area contributed by atoms with Crippen LogP contribution < -0.4 is 5.32 Å². The van der Waals surface area contributed by atoms with Gasteiger partial charge in [-0.15, -0.1) is 11.6 Å². The third-order valence-electron chi connectivity index (χ3n) is 7.93. The number of rotatable bonds is 7. The van der Waals surface area contributed by atoms with E-state index in [0.29, 0.717) is 17.7 Å². The lowest BCUT2D eigenvalue weighted by Crippen LogP contribution is -2.50. The molecular formula is C24H41ClN2O3. The predicted molar refractivity (Wildman–Crippen MR) is 120 cm³/mol. The van der Waals surface area contributed by atoms with E-state index in [0.717, 1.165) is 44.3 Å². The minimum absolute atomic E-state index is 0.0573. The fourth-order valence-corrected chi connectivity index (χ4v) is 6.01. The minimum atomic E-state index is -0.173. The molecule has 0 spiro atoms. The lowest BCUT2D eigenvalue weighted by atomic mass is 9.75. The highest BCUT2D eigenvalue weighted by Crippen LogP contribution is 2.37. The largest absolute Gasteiger partial charge is 0.469 e. The number of alkyl halides is 1. The Morgan fingerprint density at radius 2 is 1.57 bits per heavy atom. The van der Waals surface area contributed by atoms with Crippen LogP contribution in [0.15, 0.2) is 0 Å². The van der Waals surface area contributed by atoms with E-state index in [-0.39, 0.29) is 29.8 Å². The number of piperidine rings is 1. The molecule has 1 heterocycles. The number of amides is 1. The van der Waals surface area contributed by atoms with Crippen LogP contribution in [0.1, 0.15) is 71.6 Å². The summed E-state index contributed by atoms with van der Waals surface area (Å²) in [6.45, 7) is 7.58. The number of methoxy groups -OCH3 is 1. The maximum Gasteiger partial charge on any atom is 0.308 e. The van der Waals surface area contributed by atoms with Crippen LogP contribution in [0.25, 0.3) is 0 Å². The van der Waals surface area contributed by atoms with Crippen molar-refractivity contribution >= 4 is 23.5 Å². The van der Waals surface area contributed by atoms with Crippen molar-refractivity contribution in [3.8, 4) is 0 Å². The van der Waals surface area contributed by atoms with E-state index in [1.807, 2.05) is 0 Å². The van der Waals surface area contributed by atoms with Gasteiger partial charge in [-0.05, 0) is 88.6 Å². The van der Waals surface area contributed by atoms with Crippen molar-refractivity contribution in [2.75, 3.05) is 26.7 Å². The second kappa shape index (κ2) is 11.2. The van der Waals surface area contributed by atoms with E-state index >= 15 is 0 Å². The van der Waals surface area contributed by atoms with Gasteiger partial charge in [0.15, 0.2) is 0 Å². The van der Waals surface area contributed by atoms with Gasteiger partial charge < -0.3 is 15.0 Å². The zero-order chi connectivity index (χ0) is 21.7. The number of halogens is 1. The first-order valence-corrected chi connectivity index (χ1v) is 12.6. The molecular weight excluding hydrogens is 400 g/mol. The van der Waals surface area contributed by atoms with Crippen molar-refractivity contribution in [1.82, 2.24) is 10.2 Å². The Morgan fingerprint density at radius 1 is 0.967 bits per heavy atom. The van der Waals surface area contributed by atoms with E-state index in [4.69, 9.17) is 16.3 Å². The van der Waals surface area contributed by atoms with Crippen molar-refractivity contribution in [2.24, 2.45) is 29.6 Å². The van der Waals surface area contributed by atoms with Gasteiger partial charge in [-0.2, -0.15) is 0 Å². The summed E-state index contributed by atoms with van der Waals surface area (Å²) in [5, 5.41) is 3.72. The average molecular weight is 441 g/mol. The molecule has 5 nitrogen and oxygen atoms in total. The zero-order valence-electron chi connectivity index (χ0n) is 19.1. The van der Waals surface area contributed by atoms with Crippen molar-refractivity contribution in [3.05, 3.63) is 0 Å². The van der Waals surface area contributed by atoms with E-state index in [1.165, 1.54) is 45.6 Å². The third-order valence-corrected chi connectivity index (χ3v) is 8.36. The second-order valence-corrected chi connectivity index (χ2v) is 10.9. The molecule has 1 amide bonds. The Kier molecular flexibility index (Phi) is 8.88. The molecule has 2 aliphatic carbocycles. The highest BCUT2D eigenvalue weighted by molar-refractivity contribution is 6.20. The number of hydrogen-bond donors (Lipinski definition) is 1. The first kappa shape index (κ1) is 23.8. The summed E-state index contributed by atoms with van der Waals surface area (Å²) < 4.78 is 4.86. The topological polar surface area (TPSA) is 58.6 Å². The first-order valence-electron chi connectivity index (χ1n) is 12.1. The molecule has 1 aliphatic heterocycles. The molecule has 2 saturated carbocycles. The zero-order valence-corrected chi connectivity index (χ0v) is 19.8. The number of esters is 1. The lowest BCUT2D eigenvalue weighted by Gasteiger charge is -2.40. The SMILES string of the molecule is COC(=O)[C@H]1CC[C@@H](C(=O)N[C@@H](CN2CCC(C3CCC(Cl)CC3)CC2)C(C)C)C1. The molecule has 3 rings (SSSR count). The molecule has 1 saturated heterocycles. The molecule has 0 bridgehead atoms. The molecule has 172 valence electrons. The Balaban J connectivity index is 1.44. The van der Waals surface area contributed by atoms with Gasteiger partial charge in [-0.25, -0.2) is 0 Å². The number of carbonyl (C=O) groups is 2. The number of likely N-dealkylation sites (tertiary alicyclic amines) is 1. The van der Waals surface area contributed by atoms with Crippen molar-refractivity contribution in [1.29, 1.82) is 0 Å². The second-order valence-electron chi connectivity index (χ2n) is 10.2. The van der Waals surface area contributed by atoms with Crippen LogP contribution in [0.5, 0.6) is 0 Å². The highest BCUT2D eigenvalue weighted by Gasteiger charge is 2.36. The van der Waals surface area contributed by atoms with Crippen LogP contribution in [-0.4, -0.2) is 54.9 Å². The molecule has 0 unspecified atom stereocenters. The molecule has 1 N–H and O–H groups in total. The van der Waals surface area contributed by atoms with Gasteiger partial charge in [0, 0.05) is 23.9 Å². The van der Waals surface area contributed by atoms with Gasteiger partial charge >= 0.3 is 5.97 Å². The molecule has 3 fully saturated rings. The lowest BCUT2D eigenvalue weighted by molar-refractivity contribution is -0.145. The molecule has 6 heteroatoms. The van der Waals surface area contributed by atoms with Crippen LogP contribution in [0.2, 0.25) is 0 Å². The van der Waals surface area contributed by atoms with Gasteiger partial charge in [0.05, 0.1) is 13.0 Å². The van der Waals surface area contributed by atoms with Crippen molar-refractivity contribution in [3.63, 3.8) is 0 Å². The van der Waals surface area contributed by atoms with Crippen LogP contribution >= 0.6 is 11.6 Å². The number of ether oxygens (including phenoxy) is 1. The Hall–Kier alpha value is -0.810. The standard InChI is InChI=1S/C24H41ClN2O3/c1-16(2)22(26-23(28)19-4-5-20(14-19)24(29)30-3)15-27-12-10-18(11-13-27)17-6-8-21(25)9-7-17/h16-22H,4-15H2,1-3H3,(H,26,28)/t17?,19-,20+,21?,22+/m1/s1. The fourth-order valence-electron chi connectivity index (χ4n) is 5.76. The number of hydrogen-bond acceptors (Lipinski definition) is 4. The van der Waals surface area contributed by atoms with Gasteiger partial charge in [0.2, 0.25) is 5.91 Å². The number of nitrogens with zero attached hydrogens (tertiary/aromatic N) is 1. The summed E-state index contributed by atoms with van der Waals surface area (Å²) in [5.41, 5.74) is 0. The third kappa shape index (κ3) is 6.35. The Labute approximate surface area is 187 Å². The molecule has 3 aliphatic rings. The minimum Gasteiger partial charge on any atom is -0.469 e. The maximum atomic E-state index is 12.9. The number of carbonyl (C=O) groups excluding carboxylic acids is 2. The number of nitrogens with one attached hydrogen (secondary N) is 1. The summed E-state index contributed by atoms with van der Waals surface area (Å²) in [6.07, 6.45) is 9.70.